The second-order valence-corrected chi connectivity index (χ2v) is 7.23. The molecule has 0 unspecified atom stereocenters. The van der Waals surface area contributed by atoms with Gasteiger partial charge >= 0.3 is 0 Å². The highest BCUT2D eigenvalue weighted by Gasteiger charge is 2.24. The van der Waals surface area contributed by atoms with Crippen LogP contribution in [-0.4, -0.2) is 78.8 Å². The molecule has 4 aromatic rings. The molecule has 0 saturated carbocycles. The second kappa shape index (κ2) is 7.67. The van der Waals surface area contributed by atoms with E-state index in [2.05, 4.69) is 30.3 Å². The third-order valence-corrected chi connectivity index (χ3v) is 5.40. The van der Waals surface area contributed by atoms with Crippen molar-refractivity contribution in [2.75, 3.05) is 38.2 Å². The molecule has 11 nitrogen and oxygen atoms in total. The minimum atomic E-state index is -0.00113. The molecule has 3 aromatic heterocycles. The van der Waals surface area contributed by atoms with Gasteiger partial charge in [-0.3, -0.25) is 4.79 Å². The van der Waals surface area contributed by atoms with E-state index in [1.54, 1.807) is 22.8 Å². The van der Waals surface area contributed by atoms with Crippen molar-refractivity contribution in [3.05, 3.63) is 48.5 Å². The summed E-state index contributed by atoms with van der Waals surface area (Å²) in [5.74, 6) is 2.06. The summed E-state index contributed by atoms with van der Waals surface area (Å²) in [5, 5.41) is 17.9. The van der Waals surface area contributed by atoms with Gasteiger partial charge in [-0.2, -0.15) is 10.2 Å². The van der Waals surface area contributed by atoms with Crippen LogP contribution in [0.15, 0.2) is 43.0 Å². The first kappa shape index (κ1) is 19.0. The highest BCUT2D eigenvalue weighted by Crippen LogP contribution is 2.26. The second-order valence-electron chi connectivity index (χ2n) is 7.23. The molecule has 1 aromatic carbocycles. The molecular formula is C20H21N9O2. The van der Waals surface area contributed by atoms with Crippen molar-refractivity contribution in [2.45, 2.75) is 0 Å². The highest BCUT2D eigenvalue weighted by atomic mass is 16.5. The summed E-state index contributed by atoms with van der Waals surface area (Å²) in [6.45, 7) is 2.58. The molecular weight excluding hydrogens is 398 g/mol. The van der Waals surface area contributed by atoms with Crippen LogP contribution in [0.4, 0.5) is 5.82 Å². The molecule has 5 rings (SSSR count). The van der Waals surface area contributed by atoms with E-state index in [0.29, 0.717) is 43.4 Å². The van der Waals surface area contributed by atoms with Gasteiger partial charge in [-0.15, -0.1) is 10.2 Å². The van der Waals surface area contributed by atoms with Crippen LogP contribution in [0.2, 0.25) is 0 Å². The van der Waals surface area contributed by atoms with E-state index in [1.807, 2.05) is 42.3 Å². The van der Waals surface area contributed by atoms with Crippen LogP contribution in [0.1, 0.15) is 10.4 Å². The van der Waals surface area contributed by atoms with Crippen LogP contribution in [0.3, 0.4) is 0 Å². The SMILES string of the molecule is COc1c2ccc(C(=O)N3CCN(c4ccc(-n5cncn5)nn4)CC3)cc2nn1C. The van der Waals surface area contributed by atoms with Crippen molar-refractivity contribution < 1.29 is 9.53 Å². The fraction of sp³-hybridized carbons (Fsp3) is 0.300. The molecule has 0 aliphatic carbocycles. The quantitative estimate of drug-likeness (QED) is 0.481. The van der Waals surface area contributed by atoms with Crippen LogP contribution < -0.4 is 9.64 Å². The lowest BCUT2D eigenvalue weighted by molar-refractivity contribution is 0.0746. The van der Waals surface area contributed by atoms with Gasteiger partial charge in [-0.1, -0.05) is 0 Å². The number of aryl methyl sites for hydroxylation is 1. The lowest BCUT2D eigenvalue weighted by atomic mass is 10.1. The number of nitrogens with zero attached hydrogens (tertiary/aromatic N) is 9. The van der Waals surface area contributed by atoms with Crippen LogP contribution in [0, 0.1) is 0 Å². The Bertz CT molecular complexity index is 1210. The Labute approximate surface area is 177 Å². The summed E-state index contributed by atoms with van der Waals surface area (Å²) >= 11 is 0. The number of anilines is 1. The van der Waals surface area contributed by atoms with E-state index in [9.17, 15) is 4.79 Å². The maximum Gasteiger partial charge on any atom is 0.254 e. The lowest BCUT2D eigenvalue weighted by Crippen LogP contribution is -2.49. The zero-order valence-corrected chi connectivity index (χ0v) is 17.2. The molecule has 0 spiro atoms. The Kier molecular flexibility index (Phi) is 4.69. The third-order valence-electron chi connectivity index (χ3n) is 5.40. The van der Waals surface area contributed by atoms with Crippen molar-refractivity contribution in [3.8, 4) is 11.7 Å². The van der Waals surface area contributed by atoms with Crippen LogP contribution >= 0.6 is 0 Å². The maximum atomic E-state index is 13.0. The van der Waals surface area contributed by atoms with Crippen molar-refractivity contribution in [1.29, 1.82) is 0 Å². The Morgan fingerprint density at radius 3 is 2.48 bits per heavy atom. The van der Waals surface area contributed by atoms with E-state index in [-0.39, 0.29) is 5.91 Å². The van der Waals surface area contributed by atoms with Crippen molar-refractivity contribution in [3.63, 3.8) is 0 Å². The van der Waals surface area contributed by atoms with Gasteiger partial charge < -0.3 is 14.5 Å². The molecule has 1 amide bonds. The van der Waals surface area contributed by atoms with E-state index in [0.717, 1.165) is 16.7 Å². The minimum absolute atomic E-state index is 0.00113. The molecule has 0 radical (unpaired) electrons. The molecule has 1 aliphatic rings. The number of ether oxygens (including phenoxy) is 1. The molecule has 1 saturated heterocycles. The van der Waals surface area contributed by atoms with Gasteiger partial charge in [-0.05, 0) is 30.3 Å². The largest absolute Gasteiger partial charge is 0.481 e. The summed E-state index contributed by atoms with van der Waals surface area (Å²) in [6, 6.07) is 9.29. The molecule has 11 heteroatoms. The molecule has 0 N–H and O–H groups in total. The van der Waals surface area contributed by atoms with Gasteiger partial charge in [0.1, 0.15) is 12.7 Å². The molecule has 1 fully saturated rings. The molecule has 4 heterocycles. The summed E-state index contributed by atoms with van der Waals surface area (Å²) < 4.78 is 8.61. The Morgan fingerprint density at radius 2 is 1.81 bits per heavy atom. The molecule has 158 valence electrons. The Morgan fingerprint density at radius 1 is 1.03 bits per heavy atom. The number of benzene rings is 1. The number of fused-ring (bicyclic) bond motifs is 1. The zero-order valence-electron chi connectivity index (χ0n) is 17.2. The van der Waals surface area contributed by atoms with E-state index in [4.69, 9.17) is 4.74 Å². The first-order valence-corrected chi connectivity index (χ1v) is 9.88. The number of carbonyl (C=O) groups is 1. The normalized spacial score (nSPS) is 14.3. The predicted octanol–water partition coefficient (Wildman–Crippen LogP) is 0.915. The number of carbonyl (C=O) groups excluding carboxylic acids is 1. The van der Waals surface area contributed by atoms with Gasteiger partial charge in [0, 0.05) is 38.8 Å². The average molecular weight is 419 g/mol. The Hall–Kier alpha value is -4.02. The standard InChI is InChI=1S/C20H21N9O2/c1-26-20(31-2)15-4-3-14(11-16(15)25-26)19(30)28-9-7-27(8-10-28)17-5-6-18(24-23-17)29-13-21-12-22-29/h3-6,11-13H,7-10H2,1-2H3. The minimum Gasteiger partial charge on any atom is -0.481 e. The van der Waals surface area contributed by atoms with E-state index >= 15 is 0 Å². The fourth-order valence-electron chi connectivity index (χ4n) is 3.81. The van der Waals surface area contributed by atoms with E-state index < -0.39 is 0 Å². The number of aromatic nitrogens is 7. The smallest absolute Gasteiger partial charge is 0.254 e. The Balaban J connectivity index is 1.26. The highest BCUT2D eigenvalue weighted by molar-refractivity contribution is 5.98. The predicted molar refractivity (Wildman–Crippen MR) is 112 cm³/mol. The molecule has 1 aliphatic heterocycles. The first-order chi connectivity index (χ1) is 15.1. The summed E-state index contributed by atoms with van der Waals surface area (Å²) in [6.07, 6.45) is 3.03. The zero-order chi connectivity index (χ0) is 21.4. The monoisotopic (exact) mass is 419 g/mol. The average Bonchev–Trinajstić information content (AvgIpc) is 3.45. The first-order valence-electron chi connectivity index (χ1n) is 9.88. The number of hydrogen-bond acceptors (Lipinski definition) is 8. The van der Waals surface area contributed by atoms with Crippen molar-refractivity contribution in [2.24, 2.45) is 7.05 Å². The number of hydrogen-bond donors (Lipinski definition) is 0. The van der Waals surface area contributed by atoms with Gasteiger partial charge in [0.25, 0.3) is 5.91 Å². The lowest BCUT2D eigenvalue weighted by Gasteiger charge is -2.35. The van der Waals surface area contributed by atoms with Crippen LogP contribution in [0.5, 0.6) is 5.88 Å². The third kappa shape index (κ3) is 3.43. The van der Waals surface area contributed by atoms with Crippen LogP contribution in [-0.2, 0) is 7.05 Å². The number of amides is 1. The molecule has 0 atom stereocenters. The number of piperazine rings is 1. The topological polar surface area (TPSA) is 107 Å². The van der Waals surface area contributed by atoms with Gasteiger partial charge in [0.15, 0.2) is 11.6 Å². The van der Waals surface area contributed by atoms with Gasteiger partial charge in [0.2, 0.25) is 5.88 Å². The fourth-order valence-corrected chi connectivity index (χ4v) is 3.81. The van der Waals surface area contributed by atoms with Crippen molar-refractivity contribution in [1.82, 2.24) is 39.6 Å². The van der Waals surface area contributed by atoms with Gasteiger partial charge in [-0.25, -0.2) is 14.3 Å². The maximum absolute atomic E-state index is 13.0. The number of methoxy groups -OCH3 is 1. The van der Waals surface area contributed by atoms with Crippen LogP contribution in [0.25, 0.3) is 16.7 Å². The summed E-state index contributed by atoms with van der Waals surface area (Å²) in [4.78, 5) is 20.9. The number of rotatable bonds is 4. The molecule has 0 bridgehead atoms. The molecule has 31 heavy (non-hydrogen) atoms. The van der Waals surface area contributed by atoms with Crippen molar-refractivity contribution >= 4 is 22.6 Å². The summed E-state index contributed by atoms with van der Waals surface area (Å²) in [7, 11) is 3.43. The van der Waals surface area contributed by atoms with E-state index in [1.165, 1.54) is 6.33 Å². The van der Waals surface area contributed by atoms with Gasteiger partial charge in [0.05, 0.1) is 18.0 Å². The summed E-state index contributed by atoms with van der Waals surface area (Å²) in [5.41, 5.74) is 1.37.